The summed E-state index contributed by atoms with van der Waals surface area (Å²) in [4.78, 5) is 0. The number of hydrogen-bond acceptors (Lipinski definition) is 3. The third kappa shape index (κ3) is 3.84. The SMILES string of the molecule is Cc1cccc(O)c1-c1c(C)cccc1NCc1cccc(C(C)(C)C)c1O. The average Bonchev–Trinajstić information content (AvgIpc) is 2.61. The van der Waals surface area contributed by atoms with Crippen molar-refractivity contribution in [3.8, 4) is 22.6 Å². The molecule has 0 bridgehead atoms. The molecule has 0 unspecified atom stereocenters. The van der Waals surface area contributed by atoms with Crippen molar-refractivity contribution in [3.63, 3.8) is 0 Å². The molecule has 0 radical (unpaired) electrons. The lowest BCUT2D eigenvalue weighted by Crippen LogP contribution is -2.12. The summed E-state index contributed by atoms with van der Waals surface area (Å²) in [5.41, 5.74) is 6.55. The van der Waals surface area contributed by atoms with Crippen LogP contribution in [0.2, 0.25) is 0 Å². The molecule has 146 valence electrons. The summed E-state index contributed by atoms with van der Waals surface area (Å²) < 4.78 is 0. The number of anilines is 1. The van der Waals surface area contributed by atoms with Crippen molar-refractivity contribution >= 4 is 5.69 Å². The van der Waals surface area contributed by atoms with E-state index in [2.05, 4.69) is 26.1 Å². The highest BCUT2D eigenvalue weighted by Gasteiger charge is 2.20. The van der Waals surface area contributed by atoms with Crippen LogP contribution in [0.3, 0.4) is 0 Å². The fourth-order valence-electron chi connectivity index (χ4n) is 3.65. The number of aromatic hydroxyl groups is 2. The molecule has 3 nitrogen and oxygen atoms in total. The predicted molar refractivity (Wildman–Crippen MR) is 117 cm³/mol. The Labute approximate surface area is 167 Å². The van der Waals surface area contributed by atoms with Gasteiger partial charge in [0, 0.05) is 28.9 Å². The molecular weight excluding hydrogens is 346 g/mol. The second kappa shape index (κ2) is 7.59. The number of para-hydroxylation sites is 1. The standard InChI is InChI=1S/C25H29NO2/c1-16-9-6-13-20(22(16)23-17(2)10-7-14-21(23)27)26-15-18-11-8-12-19(24(18)28)25(3,4)5/h6-14,26-28H,15H2,1-5H3. The van der Waals surface area contributed by atoms with Gasteiger partial charge in [-0.05, 0) is 48.1 Å². The van der Waals surface area contributed by atoms with Crippen LogP contribution in [-0.4, -0.2) is 10.2 Å². The minimum absolute atomic E-state index is 0.123. The van der Waals surface area contributed by atoms with Crippen molar-refractivity contribution in [2.75, 3.05) is 5.32 Å². The molecule has 28 heavy (non-hydrogen) atoms. The van der Waals surface area contributed by atoms with Gasteiger partial charge in [0.05, 0.1) is 0 Å². The van der Waals surface area contributed by atoms with E-state index in [0.717, 1.165) is 39.1 Å². The van der Waals surface area contributed by atoms with Crippen molar-refractivity contribution in [1.29, 1.82) is 0 Å². The van der Waals surface area contributed by atoms with E-state index in [0.29, 0.717) is 12.3 Å². The van der Waals surface area contributed by atoms with E-state index >= 15 is 0 Å². The summed E-state index contributed by atoms with van der Waals surface area (Å²) in [5, 5.41) is 24.7. The van der Waals surface area contributed by atoms with Gasteiger partial charge in [0.25, 0.3) is 0 Å². The molecule has 0 aliphatic rings. The fraction of sp³-hybridized carbons (Fsp3) is 0.280. The van der Waals surface area contributed by atoms with Gasteiger partial charge in [-0.1, -0.05) is 63.2 Å². The highest BCUT2D eigenvalue weighted by Crippen LogP contribution is 2.40. The second-order valence-electron chi connectivity index (χ2n) is 8.38. The van der Waals surface area contributed by atoms with Crippen molar-refractivity contribution in [2.24, 2.45) is 0 Å². The molecule has 0 spiro atoms. The van der Waals surface area contributed by atoms with Crippen molar-refractivity contribution in [3.05, 3.63) is 76.9 Å². The first-order chi connectivity index (χ1) is 13.2. The first-order valence-corrected chi connectivity index (χ1v) is 9.64. The molecule has 0 atom stereocenters. The van der Waals surface area contributed by atoms with E-state index in [4.69, 9.17) is 0 Å². The number of rotatable bonds is 4. The van der Waals surface area contributed by atoms with Crippen LogP contribution in [0.15, 0.2) is 54.6 Å². The number of nitrogens with one attached hydrogen (secondary N) is 1. The summed E-state index contributed by atoms with van der Waals surface area (Å²) in [7, 11) is 0. The third-order valence-corrected chi connectivity index (χ3v) is 5.17. The van der Waals surface area contributed by atoms with Crippen LogP contribution in [0.5, 0.6) is 11.5 Å². The number of phenols is 2. The van der Waals surface area contributed by atoms with Crippen molar-refractivity contribution in [2.45, 2.75) is 46.6 Å². The van der Waals surface area contributed by atoms with Gasteiger partial charge in [-0.25, -0.2) is 0 Å². The van der Waals surface area contributed by atoms with E-state index in [-0.39, 0.29) is 11.2 Å². The van der Waals surface area contributed by atoms with Gasteiger partial charge in [-0.2, -0.15) is 0 Å². The Hall–Kier alpha value is -2.94. The van der Waals surface area contributed by atoms with Gasteiger partial charge >= 0.3 is 0 Å². The molecule has 0 aliphatic heterocycles. The molecule has 3 aromatic rings. The molecule has 0 amide bonds. The summed E-state index contributed by atoms with van der Waals surface area (Å²) in [6.07, 6.45) is 0. The van der Waals surface area contributed by atoms with E-state index in [9.17, 15) is 10.2 Å². The Kier molecular flexibility index (Phi) is 5.37. The van der Waals surface area contributed by atoms with Crippen LogP contribution < -0.4 is 5.32 Å². The molecule has 0 saturated heterocycles. The highest BCUT2D eigenvalue weighted by atomic mass is 16.3. The van der Waals surface area contributed by atoms with Crippen LogP contribution in [0.1, 0.15) is 43.0 Å². The minimum Gasteiger partial charge on any atom is -0.507 e. The van der Waals surface area contributed by atoms with Gasteiger partial charge in [-0.15, -0.1) is 0 Å². The number of phenolic OH excluding ortho intramolecular Hbond substituents is 2. The Morgan fingerprint density at radius 2 is 1.39 bits per heavy atom. The Morgan fingerprint density at radius 1 is 0.786 bits per heavy atom. The molecule has 3 aromatic carbocycles. The lowest BCUT2D eigenvalue weighted by Gasteiger charge is -2.22. The molecule has 0 heterocycles. The second-order valence-corrected chi connectivity index (χ2v) is 8.38. The smallest absolute Gasteiger partial charge is 0.124 e. The van der Waals surface area contributed by atoms with Crippen LogP contribution in [-0.2, 0) is 12.0 Å². The van der Waals surface area contributed by atoms with Crippen molar-refractivity contribution < 1.29 is 10.2 Å². The van der Waals surface area contributed by atoms with E-state index in [1.165, 1.54) is 0 Å². The quantitative estimate of drug-likeness (QED) is 0.502. The molecule has 0 aromatic heterocycles. The van der Waals surface area contributed by atoms with Gasteiger partial charge in [0.15, 0.2) is 0 Å². The summed E-state index contributed by atoms with van der Waals surface area (Å²) in [6.45, 7) is 10.8. The van der Waals surface area contributed by atoms with Crippen LogP contribution >= 0.6 is 0 Å². The summed E-state index contributed by atoms with van der Waals surface area (Å²) >= 11 is 0. The maximum absolute atomic E-state index is 10.8. The largest absolute Gasteiger partial charge is 0.507 e. The maximum Gasteiger partial charge on any atom is 0.124 e. The molecule has 0 saturated carbocycles. The van der Waals surface area contributed by atoms with E-state index < -0.39 is 0 Å². The third-order valence-electron chi connectivity index (χ3n) is 5.17. The van der Waals surface area contributed by atoms with E-state index in [1.807, 2.05) is 62.4 Å². The number of benzene rings is 3. The molecular formula is C25H29NO2. The lowest BCUT2D eigenvalue weighted by atomic mass is 9.85. The molecule has 3 heteroatoms. The predicted octanol–water partition coefficient (Wildman–Crippen LogP) is 6.29. The normalized spacial score (nSPS) is 11.5. The molecule has 3 N–H and O–H groups in total. The Bertz CT molecular complexity index is 980. The van der Waals surface area contributed by atoms with Gasteiger partial charge in [0.1, 0.15) is 11.5 Å². The van der Waals surface area contributed by atoms with Gasteiger partial charge < -0.3 is 15.5 Å². The van der Waals surface area contributed by atoms with Gasteiger partial charge in [0.2, 0.25) is 0 Å². The summed E-state index contributed by atoms with van der Waals surface area (Å²) in [6, 6.07) is 17.5. The zero-order valence-electron chi connectivity index (χ0n) is 17.3. The lowest BCUT2D eigenvalue weighted by molar-refractivity contribution is 0.441. The zero-order valence-corrected chi connectivity index (χ0v) is 17.3. The highest BCUT2D eigenvalue weighted by molar-refractivity contribution is 5.86. The van der Waals surface area contributed by atoms with Crippen molar-refractivity contribution in [1.82, 2.24) is 0 Å². The summed E-state index contributed by atoms with van der Waals surface area (Å²) in [5.74, 6) is 0.616. The maximum atomic E-state index is 10.8. The van der Waals surface area contributed by atoms with Crippen LogP contribution in [0.4, 0.5) is 5.69 Å². The topological polar surface area (TPSA) is 52.5 Å². The van der Waals surface area contributed by atoms with Crippen LogP contribution in [0, 0.1) is 13.8 Å². The Morgan fingerprint density at radius 3 is 2.04 bits per heavy atom. The fourth-order valence-corrected chi connectivity index (χ4v) is 3.65. The van der Waals surface area contributed by atoms with Crippen LogP contribution in [0.25, 0.3) is 11.1 Å². The minimum atomic E-state index is -0.123. The molecule has 0 fully saturated rings. The number of hydrogen-bond donors (Lipinski definition) is 3. The Balaban J connectivity index is 1.99. The van der Waals surface area contributed by atoms with Gasteiger partial charge in [-0.3, -0.25) is 0 Å². The monoisotopic (exact) mass is 375 g/mol. The van der Waals surface area contributed by atoms with E-state index in [1.54, 1.807) is 6.07 Å². The average molecular weight is 376 g/mol. The zero-order chi connectivity index (χ0) is 20.5. The molecule has 0 aliphatic carbocycles. The first kappa shape index (κ1) is 19.8. The molecule has 3 rings (SSSR count). The number of aryl methyl sites for hydroxylation is 2. The first-order valence-electron chi connectivity index (χ1n) is 9.64.